The van der Waals surface area contributed by atoms with Crippen LogP contribution in [0, 0.1) is 13.8 Å². The highest BCUT2D eigenvalue weighted by Crippen LogP contribution is 2.17. The molecular formula is C27H26ClN3O2. The molecule has 2 amide bonds. The SMILES string of the molecule is Cc1ccc2[nH]c(=O)c(CN(CCc3ccccc3C)C(=O)Nc3ccc(Cl)cc3)cc2c1. The van der Waals surface area contributed by atoms with Crippen molar-refractivity contribution >= 4 is 34.2 Å². The highest BCUT2D eigenvalue weighted by molar-refractivity contribution is 6.30. The number of carbonyl (C=O) groups excluding carboxylic acids is 1. The maximum absolute atomic E-state index is 13.2. The molecule has 1 heterocycles. The summed E-state index contributed by atoms with van der Waals surface area (Å²) in [6.45, 7) is 4.74. The number of nitrogens with one attached hydrogen (secondary N) is 2. The molecule has 2 N–H and O–H groups in total. The highest BCUT2D eigenvalue weighted by atomic mass is 35.5. The van der Waals surface area contributed by atoms with Gasteiger partial charge in [-0.2, -0.15) is 0 Å². The largest absolute Gasteiger partial charge is 0.322 e. The summed E-state index contributed by atoms with van der Waals surface area (Å²) in [6.07, 6.45) is 0.686. The van der Waals surface area contributed by atoms with E-state index >= 15 is 0 Å². The van der Waals surface area contributed by atoms with Gasteiger partial charge in [0.1, 0.15) is 0 Å². The lowest BCUT2D eigenvalue weighted by molar-refractivity contribution is 0.209. The molecule has 0 saturated heterocycles. The summed E-state index contributed by atoms with van der Waals surface area (Å²) in [6, 6.07) is 22.6. The van der Waals surface area contributed by atoms with Crippen molar-refractivity contribution < 1.29 is 4.79 Å². The number of nitrogens with zero attached hydrogens (tertiary/aromatic N) is 1. The number of hydrogen-bond acceptors (Lipinski definition) is 2. The number of rotatable bonds is 6. The first-order valence-electron chi connectivity index (χ1n) is 10.9. The fraction of sp³-hybridized carbons (Fsp3) is 0.185. The Kier molecular flexibility index (Phi) is 6.80. The van der Waals surface area contributed by atoms with Crippen molar-refractivity contribution in [2.24, 2.45) is 0 Å². The smallest absolute Gasteiger partial charge is 0.322 e. The van der Waals surface area contributed by atoms with Gasteiger partial charge in [-0.25, -0.2) is 4.79 Å². The maximum atomic E-state index is 13.2. The van der Waals surface area contributed by atoms with Crippen LogP contribution in [0.3, 0.4) is 0 Å². The zero-order valence-electron chi connectivity index (χ0n) is 18.7. The normalized spacial score (nSPS) is 10.9. The second-order valence-electron chi connectivity index (χ2n) is 8.25. The lowest BCUT2D eigenvalue weighted by Crippen LogP contribution is -2.37. The molecule has 0 atom stereocenters. The van der Waals surface area contributed by atoms with E-state index < -0.39 is 0 Å². The first kappa shape index (κ1) is 22.6. The monoisotopic (exact) mass is 459 g/mol. The fourth-order valence-electron chi connectivity index (χ4n) is 3.83. The minimum atomic E-state index is -0.269. The molecule has 0 spiro atoms. The van der Waals surface area contributed by atoms with Crippen LogP contribution in [0.25, 0.3) is 10.9 Å². The molecule has 0 bridgehead atoms. The maximum Gasteiger partial charge on any atom is 0.322 e. The van der Waals surface area contributed by atoms with Crippen molar-refractivity contribution in [3.8, 4) is 0 Å². The number of H-pyrrole nitrogens is 1. The average molecular weight is 460 g/mol. The molecule has 0 fully saturated rings. The fourth-order valence-corrected chi connectivity index (χ4v) is 3.95. The number of pyridine rings is 1. The van der Waals surface area contributed by atoms with Gasteiger partial charge in [-0.15, -0.1) is 0 Å². The van der Waals surface area contributed by atoms with Gasteiger partial charge < -0.3 is 15.2 Å². The van der Waals surface area contributed by atoms with Crippen LogP contribution in [0.1, 0.15) is 22.3 Å². The van der Waals surface area contributed by atoms with Crippen LogP contribution in [0.5, 0.6) is 0 Å². The molecule has 0 radical (unpaired) electrons. The molecule has 5 nitrogen and oxygen atoms in total. The van der Waals surface area contributed by atoms with Gasteiger partial charge in [0.15, 0.2) is 0 Å². The van der Waals surface area contributed by atoms with E-state index in [4.69, 9.17) is 11.6 Å². The van der Waals surface area contributed by atoms with Crippen LogP contribution in [0.2, 0.25) is 5.02 Å². The number of carbonyl (C=O) groups is 1. The predicted molar refractivity (Wildman–Crippen MR) is 135 cm³/mol. The summed E-state index contributed by atoms with van der Waals surface area (Å²) >= 11 is 5.97. The minimum absolute atomic E-state index is 0.188. The van der Waals surface area contributed by atoms with Crippen molar-refractivity contribution in [2.75, 3.05) is 11.9 Å². The van der Waals surface area contributed by atoms with Gasteiger partial charge in [-0.05, 0) is 79.2 Å². The van der Waals surface area contributed by atoms with E-state index in [2.05, 4.69) is 29.4 Å². The second-order valence-corrected chi connectivity index (χ2v) is 8.69. The van der Waals surface area contributed by atoms with Gasteiger partial charge in [-0.3, -0.25) is 4.79 Å². The molecule has 4 rings (SSSR count). The Morgan fingerprint density at radius 2 is 1.73 bits per heavy atom. The Bertz CT molecular complexity index is 1350. The van der Waals surface area contributed by atoms with Crippen molar-refractivity contribution in [1.82, 2.24) is 9.88 Å². The second kappa shape index (κ2) is 9.92. The lowest BCUT2D eigenvalue weighted by Gasteiger charge is -2.24. The van der Waals surface area contributed by atoms with Gasteiger partial charge in [0.25, 0.3) is 5.56 Å². The van der Waals surface area contributed by atoms with Crippen LogP contribution in [0.15, 0.2) is 77.6 Å². The van der Waals surface area contributed by atoms with Crippen molar-refractivity contribution in [1.29, 1.82) is 0 Å². The van der Waals surface area contributed by atoms with E-state index in [0.29, 0.717) is 29.2 Å². The summed E-state index contributed by atoms with van der Waals surface area (Å²) < 4.78 is 0. The van der Waals surface area contributed by atoms with Crippen molar-refractivity contribution in [3.63, 3.8) is 0 Å². The number of aryl methyl sites for hydroxylation is 2. The molecule has 6 heteroatoms. The zero-order valence-corrected chi connectivity index (χ0v) is 19.4. The number of benzene rings is 3. The Hall–Kier alpha value is -3.57. The number of amides is 2. The minimum Gasteiger partial charge on any atom is -0.322 e. The van der Waals surface area contributed by atoms with Crippen molar-refractivity contribution in [2.45, 2.75) is 26.8 Å². The number of anilines is 1. The Morgan fingerprint density at radius 3 is 2.48 bits per heavy atom. The third-order valence-electron chi connectivity index (χ3n) is 5.73. The Morgan fingerprint density at radius 1 is 0.970 bits per heavy atom. The summed E-state index contributed by atoms with van der Waals surface area (Å²) in [4.78, 5) is 30.6. The van der Waals surface area contributed by atoms with E-state index in [1.165, 1.54) is 11.1 Å². The summed E-state index contributed by atoms with van der Waals surface area (Å²) in [7, 11) is 0. The molecule has 33 heavy (non-hydrogen) atoms. The number of fused-ring (bicyclic) bond motifs is 1. The average Bonchev–Trinajstić information content (AvgIpc) is 2.79. The molecule has 0 saturated carbocycles. The van der Waals surface area contributed by atoms with E-state index in [-0.39, 0.29) is 18.1 Å². The number of aromatic amines is 1. The van der Waals surface area contributed by atoms with Gasteiger partial charge in [0, 0.05) is 28.3 Å². The topological polar surface area (TPSA) is 65.2 Å². The van der Waals surface area contributed by atoms with Gasteiger partial charge in [0.05, 0.1) is 6.54 Å². The van der Waals surface area contributed by atoms with Crippen LogP contribution < -0.4 is 10.9 Å². The molecule has 0 unspecified atom stereocenters. The molecule has 4 aromatic rings. The predicted octanol–water partition coefficient (Wildman–Crippen LogP) is 6.08. The number of hydrogen-bond donors (Lipinski definition) is 2. The Balaban J connectivity index is 1.61. The van der Waals surface area contributed by atoms with Gasteiger partial charge in [-0.1, -0.05) is 47.5 Å². The first-order valence-corrected chi connectivity index (χ1v) is 11.3. The van der Waals surface area contributed by atoms with Crippen LogP contribution in [0.4, 0.5) is 10.5 Å². The van der Waals surface area contributed by atoms with E-state index in [0.717, 1.165) is 16.5 Å². The Labute approximate surface area is 198 Å². The number of aromatic nitrogens is 1. The lowest BCUT2D eigenvalue weighted by atomic mass is 10.1. The first-order chi connectivity index (χ1) is 15.9. The third kappa shape index (κ3) is 5.62. The zero-order chi connectivity index (χ0) is 23.4. The van der Waals surface area contributed by atoms with Crippen LogP contribution >= 0.6 is 11.6 Å². The number of urea groups is 1. The van der Waals surface area contributed by atoms with Crippen molar-refractivity contribution in [3.05, 3.63) is 110 Å². The molecule has 1 aromatic heterocycles. The van der Waals surface area contributed by atoms with E-state index in [1.54, 1.807) is 29.2 Å². The molecule has 0 aliphatic carbocycles. The summed E-state index contributed by atoms with van der Waals surface area (Å²) in [5.41, 5.74) is 5.24. The summed E-state index contributed by atoms with van der Waals surface area (Å²) in [5, 5.41) is 4.47. The molecule has 168 valence electrons. The third-order valence-corrected chi connectivity index (χ3v) is 5.98. The summed E-state index contributed by atoms with van der Waals surface area (Å²) in [5.74, 6) is 0. The molecule has 0 aliphatic rings. The van der Waals surface area contributed by atoms with Crippen LogP contribution in [-0.4, -0.2) is 22.5 Å². The number of halogens is 1. The van der Waals surface area contributed by atoms with Gasteiger partial charge in [0.2, 0.25) is 0 Å². The van der Waals surface area contributed by atoms with E-state index in [1.807, 2.05) is 43.3 Å². The quantitative estimate of drug-likeness (QED) is 0.367. The van der Waals surface area contributed by atoms with Crippen LogP contribution in [-0.2, 0) is 13.0 Å². The van der Waals surface area contributed by atoms with E-state index in [9.17, 15) is 9.59 Å². The molecular weight excluding hydrogens is 434 g/mol. The van der Waals surface area contributed by atoms with Gasteiger partial charge >= 0.3 is 6.03 Å². The highest BCUT2D eigenvalue weighted by Gasteiger charge is 2.17. The molecule has 3 aromatic carbocycles. The standard InChI is InChI=1S/C27H26ClN3O2/c1-18-7-12-25-21(15-18)16-22(26(32)30-25)17-31(14-13-20-6-4-3-5-19(20)2)27(33)29-24-10-8-23(28)9-11-24/h3-12,15-16H,13-14,17H2,1-2H3,(H,29,33)(H,30,32). The molecule has 0 aliphatic heterocycles.